The van der Waals surface area contributed by atoms with E-state index in [1.807, 2.05) is 6.20 Å². The number of aromatic nitrogens is 1. The van der Waals surface area contributed by atoms with Crippen LogP contribution in [0, 0.1) is 0 Å². The number of nitrogens with two attached hydrogens (primary N) is 1. The molecule has 2 rings (SSSR count). The molecule has 1 unspecified atom stereocenters. The third kappa shape index (κ3) is 3.20. The summed E-state index contributed by atoms with van der Waals surface area (Å²) >= 11 is 1.62. The van der Waals surface area contributed by atoms with Crippen LogP contribution in [0.25, 0.3) is 0 Å². The van der Waals surface area contributed by atoms with Gasteiger partial charge in [0.05, 0.1) is 7.11 Å². The van der Waals surface area contributed by atoms with Gasteiger partial charge in [0, 0.05) is 30.6 Å². The molecule has 0 saturated carbocycles. The molecule has 6 heteroatoms. The number of thiazole rings is 1. The average molecular weight is 269 g/mol. The molecule has 0 spiro atoms. The van der Waals surface area contributed by atoms with Gasteiger partial charge in [-0.05, 0) is 19.3 Å². The summed E-state index contributed by atoms with van der Waals surface area (Å²) in [6, 6.07) is -0.593. The Morgan fingerprint density at radius 2 is 2.28 bits per heavy atom. The number of hydrogen-bond acceptors (Lipinski definition) is 6. The highest BCUT2D eigenvalue weighted by Crippen LogP contribution is 2.26. The van der Waals surface area contributed by atoms with Gasteiger partial charge in [0.1, 0.15) is 6.04 Å². The first-order chi connectivity index (χ1) is 8.70. The van der Waals surface area contributed by atoms with Crippen molar-refractivity contribution in [2.24, 2.45) is 5.73 Å². The number of esters is 1. The van der Waals surface area contributed by atoms with Gasteiger partial charge in [0.2, 0.25) is 0 Å². The molecule has 1 fully saturated rings. The molecule has 5 nitrogen and oxygen atoms in total. The summed E-state index contributed by atoms with van der Waals surface area (Å²) in [5, 5.41) is 1.04. The molecule has 0 aliphatic carbocycles. The normalized spacial score (nSPS) is 17.6. The number of carbonyl (C=O) groups excluding carboxylic acids is 1. The molecular weight excluding hydrogens is 250 g/mol. The maximum atomic E-state index is 11.3. The van der Waals surface area contributed by atoms with Crippen LogP contribution in [0.15, 0.2) is 6.20 Å². The molecule has 1 aliphatic rings. The minimum atomic E-state index is -0.593. The second-order valence-electron chi connectivity index (χ2n) is 4.49. The van der Waals surface area contributed by atoms with E-state index in [0.717, 1.165) is 23.1 Å². The lowest BCUT2D eigenvalue weighted by Gasteiger charge is -2.25. The number of methoxy groups -OCH3 is 1. The highest BCUT2D eigenvalue weighted by Gasteiger charge is 2.18. The predicted octanol–water partition coefficient (Wildman–Crippen LogP) is 1.18. The van der Waals surface area contributed by atoms with Crippen LogP contribution >= 0.6 is 11.3 Å². The SMILES string of the molecule is COC(=O)C(N)Cc1cnc(N2CCCCC2)s1. The molecule has 100 valence electrons. The second kappa shape index (κ2) is 6.15. The van der Waals surface area contributed by atoms with Crippen molar-refractivity contribution in [2.75, 3.05) is 25.1 Å². The highest BCUT2D eigenvalue weighted by molar-refractivity contribution is 7.15. The number of nitrogens with zero attached hydrogens (tertiary/aromatic N) is 2. The summed E-state index contributed by atoms with van der Waals surface area (Å²) in [6.07, 6.45) is 6.09. The number of anilines is 1. The maximum absolute atomic E-state index is 11.3. The fraction of sp³-hybridized carbons (Fsp3) is 0.667. The summed E-state index contributed by atoms with van der Waals surface area (Å²) in [7, 11) is 1.36. The lowest BCUT2D eigenvalue weighted by Crippen LogP contribution is -2.33. The van der Waals surface area contributed by atoms with Crippen LogP contribution < -0.4 is 10.6 Å². The van der Waals surface area contributed by atoms with E-state index in [4.69, 9.17) is 5.73 Å². The van der Waals surface area contributed by atoms with Crippen LogP contribution in [-0.2, 0) is 16.0 Å². The number of ether oxygens (including phenoxy) is 1. The molecule has 1 atom stereocenters. The summed E-state index contributed by atoms with van der Waals surface area (Å²) in [5.41, 5.74) is 5.74. The van der Waals surface area contributed by atoms with Crippen LogP contribution in [0.4, 0.5) is 5.13 Å². The summed E-state index contributed by atoms with van der Waals surface area (Å²) in [4.78, 5) is 19.0. The molecule has 1 aromatic heterocycles. The van der Waals surface area contributed by atoms with Gasteiger partial charge in [-0.15, -0.1) is 11.3 Å². The minimum absolute atomic E-state index is 0.372. The van der Waals surface area contributed by atoms with E-state index in [9.17, 15) is 4.79 Å². The van der Waals surface area contributed by atoms with Crippen molar-refractivity contribution in [3.8, 4) is 0 Å². The van der Waals surface area contributed by atoms with E-state index in [-0.39, 0.29) is 5.97 Å². The number of piperidine rings is 1. The fourth-order valence-corrected chi connectivity index (χ4v) is 3.09. The highest BCUT2D eigenvalue weighted by atomic mass is 32.1. The van der Waals surface area contributed by atoms with Gasteiger partial charge < -0.3 is 15.4 Å². The maximum Gasteiger partial charge on any atom is 0.323 e. The molecule has 18 heavy (non-hydrogen) atoms. The Balaban J connectivity index is 1.95. The van der Waals surface area contributed by atoms with Crippen LogP contribution in [-0.4, -0.2) is 37.2 Å². The first-order valence-electron chi connectivity index (χ1n) is 6.24. The van der Waals surface area contributed by atoms with Crippen molar-refractivity contribution in [1.82, 2.24) is 4.98 Å². The van der Waals surface area contributed by atoms with Gasteiger partial charge in [0.25, 0.3) is 0 Å². The zero-order chi connectivity index (χ0) is 13.0. The third-order valence-electron chi connectivity index (χ3n) is 3.09. The van der Waals surface area contributed by atoms with Crippen LogP contribution in [0.5, 0.6) is 0 Å². The Hall–Kier alpha value is -1.14. The van der Waals surface area contributed by atoms with E-state index < -0.39 is 6.04 Å². The van der Waals surface area contributed by atoms with Crippen molar-refractivity contribution >= 4 is 22.4 Å². The second-order valence-corrected chi connectivity index (χ2v) is 5.58. The van der Waals surface area contributed by atoms with E-state index >= 15 is 0 Å². The minimum Gasteiger partial charge on any atom is -0.468 e. The van der Waals surface area contributed by atoms with Gasteiger partial charge in [-0.25, -0.2) is 4.98 Å². The van der Waals surface area contributed by atoms with Crippen molar-refractivity contribution in [3.63, 3.8) is 0 Å². The van der Waals surface area contributed by atoms with Crippen LogP contribution in [0.1, 0.15) is 24.1 Å². The van der Waals surface area contributed by atoms with E-state index in [1.165, 1.54) is 26.4 Å². The van der Waals surface area contributed by atoms with Crippen molar-refractivity contribution < 1.29 is 9.53 Å². The van der Waals surface area contributed by atoms with Gasteiger partial charge in [0.15, 0.2) is 5.13 Å². The number of hydrogen-bond donors (Lipinski definition) is 1. The topological polar surface area (TPSA) is 68.5 Å². The summed E-state index contributed by atoms with van der Waals surface area (Å²) < 4.78 is 4.62. The summed E-state index contributed by atoms with van der Waals surface area (Å²) in [6.45, 7) is 2.16. The first-order valence-corrected chi connectivity index (χ1v) is 7.05. The van der Waals surface area contributed by atoms with Gasteiger partial charge >= 0.3 is 5.97 Å². The van der Waals surface area contributed by atoms with Gasteiger partial charge in [-0.1, -0.05) is 0 Å². The van der Waals surface area contributed by atoms with Gasteiger partial charge in [-0.3, -0.25) is 4.79 Å². The Kier molecular flexibility index (Phi) is 4.54. The lowest BCUT2D eigenvalue weighted by atomic mass is 10.1. The molecule has 2 heterocycles. The number of carbonyl (C=O) groups is 1. The fourth-order valence-electron chi connectivity index (χ4n) is 2.07. The Bertz CT molecular complexity index is 402. The van der Waals surface area contributed by atoms with Crippen LogP contribution in [0.3, 0.4) is 0 Å². The largest absolute Gasteiger partial charge is 0.468 e. The third-order valence-corrected chi connectivity index (χ3v) is 4.17. The van der Waals surface area contributed by atoms with E-state index in [2.05, 4.69) is 14.6 Å². The average Bonchev–Trinajstić information content (AvgIpc) is 2.87. The molecular formula is C12H19N3O2S. The quantitative estimate of drug-likeness (QED) is 0.831. The Labute approximate surface area is 111 Å². The Morgan fingerprint density at radius 3 is 2.94 bits per heavy atom. The Morgan fingerprint density at radius 1 is 1.56 bits per heavy atom. The molecule has 0 bridgehead atoms. The lowest BCUT2D eigenvalue weighted by molar-refractivity contribution is -0.142. The standard InChI is InChI=1S/C12H19N3O2S/c1-17-11(16)10(13)7-9-8-14-12(18-9)15-5-3-2-4-6-15/h8,10H,2-7,13H2,1H3. The molecule has 0 radical (unpaired) electrons. The van der Waals surface area contributed by atoms with Crippen molar-refractivity contribution in [3.05, 3.63) is 11.1 Å². The summed E-state index contributed by atoms with van der Waals surface area (Å²) in [5.74, 6) is -0.372. The molecule has 2 N–H and O–H groups in total. The zero-order valence-corrected chi connectivity index (χ0v) is 11.4. The van der Waals surface area contributed by atoms with Crippen molar-refractivity contribution in [1.29, 1.82) is 0 Å². The first kappa shape index (κ1) is 13.3. The predicted molar refractivity (Wildman–Crippen MR) is 71.9 cm³/mol. The number of rotatable bonds is 4. The zero-order valence-electron chi connectivity index (χ0n) is 10.6. The molecule has 0 aromatic carbocycles. The van der Waals surface area contributed by atoms with E-state index in [0.29, 0.717) is 6.42 Å². The van der Waals surface area contributed by atoms with Crippen LogP contribution in [0.2, 0.25) is 0 Å². The van der Waals surface area contributed by atoms with Crippen molar-refractivity contribution in [2.45, 2.75) is 31.7 Å². The van der Waals surface area contributed by atoms with Gasteiger partial charge in [-0.2, -0.15) is 0 Å². The molecule has 0 amide bonds. The monoisotopic (exact) mass is 269 g/mol. The molecule has 1 saturated heterocycles. The molecule has 1 aromatic rings. The molecule has 1 aliphatic heterocycles. The van der Waals surface area contributed by atoms with E-state index in [1.54, 1.807) is 11.3 Å². The smallest absolute Gasteiger partial charge is 0.323 e.